The number of nitrogens with zero attached hydrogens (tertiary/aromatic N) is 3. The lowest BCUT2D eigenvalue weighted by atomic mass is 9.99. The van der Waals surface area contributed by atoms with Gasteiger partial charge >= 0.3 is 0 Å². The summed E-state index contributed by atoms with van der Waals surface area (Å²) in [5.41, 5.74) is 5.07. The highest BCUT2D eigenvalue weighted by Gasteiger charge is 2.28. The van der Waals surface area contributed by atoms with Gasteiger partial charge in [-0.3, -0.25) is 14.9 Å². The summed E-state index contributed by atoms with van der Waals surface area (Å²) < 4.78 is 0. The van der Waals surface area contributed by atoms with E-state index in [0.717, 1.165) is 18.7 Å². The molecule has 0 saturated heterocycles. The second-order valence-corrected chi connectivity index (χ2v) is 4.91. The van der Waals surface area contributed by atoms with Crippen LogP contribution in [0.2, 0.25) is 0 Å². The number of nitrogens with two attached hydrogens (primary N) is 1. The van der Waals surface area contributed by atoms with Crippen LogP contribution in [0.25, 0.3) is 0 Å². The van der Waals surface area contributed by atoms with Gasteiger partial charge in [-0.25, -0.2) is 4.98 Å². The van der Waals surface area contributed by atoms with E-state index in [1.54, 1.807) is 7.05 Å². The molecule has 1 heterocycles. The minimum Gasteiger partial charge on any atom is -0.383 e. The first-order chi connectivity index (χ1) is 8.70. The molecule has 1 aromatic heterocycles. The summed E-state index contributed by atoms with van der Waals surface area (Å²) >= 11 is 0. The van der Waals surface area contributed by atoms with Crippen molar-refractivity contribution in [2.45, 2.75) is 32.7 Å². The Balaban J connectivity index is 3.19. The van der Waals surface area contributed by atoms with E-state index in [2.05, 4.69) is 4.98 Å². The molecular weight excluding hydrogens is 248 g/mol. The maximum Gasteiger partial charge on any atom is 0.288 e. The van der Waals surface area contributed by atoms with E-state index in [-0.39, 0.29) is 28.5 Å². The van der Waals surface area contributed by atoms with Crippen LogP contribution in [-0.2, 0) is 0 Å². The molecule has 1 aromatic rings. The van der Waals surface area contributed by atoms with E-state index in [1.165, 1.54) is 4.90 Å². The van der Waals surface area contributed by atoms with Gasteiger partial charge in [0, 0.05) is 18.7 Å². The van der Waals surface area contributed by atoms with E-state index < -0.39 is 4.92 Å². The molecule has 2 N–H and O–H groups in total. The third-order valence-electron chi connectivity index (χ3n) is 3.42. The topological polar surface area (TPSA) is 102 Å². The summed E-state index contributed by atoms with van der Waals surface area (Å²) in [6.07, 6.45) is 1.79. The Morgan fingerprint density at radius 3 is 2.63 bits per heavy atom. The Hall–Kier alpha value is -2.18. The number of nitro groups is 1. The zero-order valence-electron chi connectivity index (χ0n) is 11.5. The predicted octanol–water partition coefficient (Wildman–Crippen LogP) is 1.83. The molecule has 7 heteroatoms. The molecule has 0 atom stereocenters. The first kappa shape index (κ1) is 14.9. The average Bonchev–Trinajstić information content (AvgIpc) is 2.37. The molecule has 19 heavy (non-hydrogen) atoms. The fourth-order valence-electron chi connectivity index (χ4n) is 1.43. The van der Waals surface area contributed by atoms with Crippen LogP contribution in [0, 0.1) is 10.1 Å². The molecule has 0 fully saturated rings. The summed E-state index contributed by atoms with van der Waals surface area (Å²) in [5, 5.41) is 10.7. The molecule has 0 aromatic carbocycles. The number of hydrogen-bond donors (Lipinski definition) is 1. The van der Waals surface area contributed by atoms with E-state index in [4.69, 9.17) is 5.73 Å². The Morgan fingerprint density at radius 2 is 2.16 bits per heavy atom. The molecule has 1 amide bonds. The van der Waals surface area contributed by atoms with Crippen LogP contribution >= 0.6 is 0 Å². The Labute approximate surface area is 111 Å². The van der Waals surface area contributed by atoms with Crippen molar-refractivity contribution in [3.63, 3.8) is 0 Å². The van der Waals surface area contributed by atoms with Crippen molar-refractivity contribution in [3.8, 4) is 0 Å². The van der Waals surface area contributed by atoms with Gasteiger partial charge in [-0.1, -0.05) is 6.92 Å². The van der Waals surface area contributed by atoms with E-state index >= 15 is 0 Å². The van der Waals surface area contributed by atoms with Crippen LogP contribution in [0.4, 0.5) is 11.5 Å². The number of rotatable bonds is 4. The molecule has 0 radical (unpaired) electrons. The Morgan fingerprint density at radius 1 is 1.58 bits per heavy atom. The highest BCUT2D eigenvalue weighted by molar-refractivity contribution is 5.99. The minimum atomic E-state index is -0.603. The zero-order chi connectivity index (χ0) is 14.8. The highest BCUT2D eigenvalue weighted by Crippen LogP contribution is 2.23. The van der Waals surface area contributed by atoms with Crippen molar-refractivity contribution >= 4 is 17.4 Å². The maximum atomic E-state index is 12.3. The van der Waals surface area contributed by atoms with Crippen molar-refractivity contribution in [2.75, 3.05) is 12.8 Å². The Bertz CT molecular complexity index is 514. The molecule has 0 aliphatic heterocycles. The van der Waals surface area contributed by atoms with Gasteiger partial charge in [-0.2, -0.15) is 0 Å². The largest absolute Gasteiger partial charge is 0.383 e. The summed E-state index contributed by atoms with van der Waals surface area (Å²) in [7, 11) is 1.64. The average molecular weight is 266 g/mol. The molecule has 0 aliphatic rings. The van der Waals surface area contributed by atoms with Gasteiger partial charge < -0.3 is 10.6 Å². The van der Waals surface area contributed by atoms with Crippen molar-refractivity contribution in [3.05, 3.63) is 27.9 Å². The second-order valence-electron chi connectivity index (χ2n) is 4.91. The van der Waals surface area contributed by atoms with Crippen LogP contribution in [-0.4, -0.2) is 33.3 Å². The SMILES string of the molecule is CCC(C)(C)N(C)C(=O)c1cc([N+](=O)[O-])cnc1N. The van der Waals surface area contributed by atoms with Gasteiger partial charge in [-0.15, -0.1) is 0 Å². The molecule has 7 nitrogen and oxygen atoms in total. The minimum absolute atomic E-state index is 0.00523. The fraction of sp³-hybridized carbons (Fsp3) is 0.500. The van der Waals surface area contributed by atoms with Gasteiger partial charge in [0.05, 0.1) is 10.5 Å². The predicted molar refractivity (Wildman–Crippen MR) is 71.8 cm³/mol. The molecular formula is C12H18N4O3. The van der Waals surface area contributed by atoms with Gasteiger partial charge in [0.1, 0.15) is 12.0 Å². The van der Waals surface area contributed by atoms with Gasteiger partial charge in [0.25, 0.3) is 11.6 Å². The van der Waals surface area contributed by atoms with Crippen molar-refractivity contribution < 1.29 is 9.72 Å². The first-order valence-electron chi connectivity index (χ1n) is 5.88. The molecule has 0 spiro atoms. The number of aromatic nitrogens is 1. The number of carbonyl (C=O) groups excluding carboxylic acids is 1. The van der Waals surface area contributed by atoms with Gasteiger partial charge in [-0.05, 0) is 20.3 Å². The normalized spacial score (nSPS) is 11.2. The lowest BCUT2D eigenvalue weighted by molar-refractivity contribution is -0.385. The number of carbonyl (C=O) groups is 1. The third kappa shape index (κ3) is 2.98. The molecule has 0 aliphatic carbocycles. The fourth-order valence-corrected chi connectivity index (χ4v) is 1.43. The summed E-state index contributed by atoms with van der Waals surface area (Å²) in [6, 6.07) is 1.16. The lowest BCUT2D eigenvalue weighted by Crippen LogP contribution is -2.44. The van der Waals surface area contributed by atoms with E-state index in [0.29, 0.717) is 0 Å². The van der Waals surface area contributed by atoms with Crippen LogP contribution in [0.5, 0.6) is 0 Å². The smallest absolute Gasteiger partial charge is 0.288 e. The van der Waals surface area contributed by atoms with Crippen molar-refractivity contribution in [1.29, 1.82) is 0 Å². The lowest BCUT2D eigenvalue weighted by Gasteiger charge is -2.35. The monoisotopic (exact) mass is 266 g/mol. The van der Waals surface area contributed by atoms with E-state index in [9.17, 15) is 14.9 Å². The first-order valence-corrected chi connectivity index (χ1v) is 5.88. The third-order valence-corrected chi connectivity index (χ3v) is 3.42. The molecule has 1 rings (SSSR count). The zero-order valence-corrected chi connectivity index (χ0v) is 11.5. The quantitative estimate of drug-likeness (QED) is 0.661. The second kappa shape index (κ2) is 5.21. The number of anilines is 1. The van der Waals surface area contributed by atoms with Gasteiger partial charge in [0.2, 0.25) is 0 Å². The van der Waals surface area contributed by atoms with Crippen LogP contribution < -0.4 is 5.73 Å². The standard InChI is InChI=1S/C12H18N4O3/c1-5-12(2,3)15(4)11(17)9-6-8(16(18)19)7-14-10(9)13/h6-7H,5H2,1-4H3,(H2,13,14). The molecule has 0 bridgehead atoms. The van der Waals surface area contributed by atoms with E-state index in [1.807, 2.05) is 20.8 Å². The number of pyridine rings is 1. The number of amides is 1. The maximum absolute atomic E-state index is 12.3. The number of nitrogen functional groups attached to an aromatic ring is 1. The molecule has 104 valence electrons. The summed E-state index contributed by atoms with van der Waals surface area (Å²) in [4.78, 5) is 27.7. The molecule has 0 unspecified atom stereocenters. The summed E-state index contributed by atoms with van der Waals surface area (Å²) in [5.74, 6) is -0.380. The summed E-state index contributed by atoms with van der Waals surface area (Å²) in [6.45, 7) is 5.77. The molecule has 0 saturated carbocycles. The van der Waals surface area contributed by atoms with Crippen LogP contribution in [0.15, 0.2) is 12.3 Å². The highest BCUT2D eigenvalue weighted by atomic mass is 16.6. The van der Waals surface area contributed by atoms with Crippen LogP contribution in [0.3, 0.4) is 0 Å². The van der Waals surface area contributed by atoms with Crippen LogP contribution in [0.1, 0.15) is 37.6 Å². The van der Waals surface area contributed by atoms with Gasteiger partial charge in [0.15, 0.2) is 0 Å². The van der Waals surface area contributed by atoms with Crippen molar-refractivity contribution in [2.24, 2.45) is 0 Å². The number of hydrogen-bond acceptors (Lipinski definition) is 5. The Kier molecular flexibility index (Phi) is 4.08. The van der Waals surface area contributed by atoms with Crippen molar-refractivity contribution in [1.82, 2.24) is 9.88 Å².